The highest BCUT2D eigenvalue weighted by Gasteiger charge is 2.22. The van der Waals surface area contributed by atoms with Crippen molar-refractivity contribution in [3.05, 3.63) is 23.3 Å². The number of carboxylic acid groups (broad SMARTS) is 1. The average molecular weight is 311 g/mol. The Morgan fingerprint density at radius 2 is 1.73 bits per heavy atom. The maximum absolute atomic E-state index is 11.0. The summed E-state index contributed by atoms with van der Waals surface area (Å²) >= 11 is 0. The molecule has 0 heterocycles. The first kappa shape index (κ1) is 18.3. The highest BCUT2D eigenvalue weighted by atomic mass is 16.5. The van der Waals surface area contributed by atoms with Gasteiger partial charge in [0.2, 0.25) is 0 Å². The van der Waals surface area contributed by atoms with E-state index in [0.29, 0.717) is 11.5 Å². The van der Waals surface area contributed by atoms with Gasteiger partial charge < -0.3 is 19.7 Å². The maximum Gasteiger partial charge on any atom is 0.323 e. The van der Waals surface area contributed by atoms with E-state index in [9.17, 15) is 4.79 Å². The molecular formula is C16H25NO5. The number of aliphatic hydroxyl groups excluding tert-OH is 1. The lowest BCUT2D eigenvalue weighted by Crippen LogP contribution is -2.39. The molecule has 1 atom stereocenters. The quantitative estimate of drug-likeness (QED) is 0.708. The molecule has 3 N–H and O–H groups in total. The van der Waals surface area contributed by atoms with Gasteiger partial charge >= 0.3 is 5.97 Å². The van der Waals surface area contributed by atoms with E-state index in [1.807, 2.05) is 12.1 Å². The molecule has 1 rings (SSSR count). The molecule has 0 aliphatic rings. The zero-order valence-electron chi connectivity index (χ0n) is 13.8. The first-order valence-electron chi connectivity index (χ1n) is 7.07. The Labute approximate surface area is 131 Å². The number of nitrogens with one attached hydrogen (secondary N) is 1. The van der Waals surface area contributed by atoms with E-state index in [4.69, 9.17) is 19.7 Å². The van der Waals surface area contributed by atoms with Crippen LogP contribution in [0.1, 0.15) is 31.9 Å². The number of ether oxygens (including phenoxy) is 2. The highest BCUT2D eigenvalue weighted by molar-refractivity contribution is 5.73. The molecule has 0 saturated heterocycles. The summed E-state index contributed by atoms with van der Waals surface area (Å²) in [5, 5.41) is 20.8. The molecule has 0 aliphatic heterocycles. The van der Waals surface area contributed by atoms with E-state index in [2.05, 4.69) is 26.1 Å². The van der Waals surface area contributed by atoms with E-state index in [-0.39, 0.29) is 12.0 Å². The predicted octanol–water partition coefficient (Wildman–Crippen LogP) is 1.54. The summed E-state index contributed by atoms with van der Waals surface area (Å²) in [5.41, 5.74) is 1.71. The minimum absolute atomic E-state index is 0.0682. The zero-order valence-corrected chi connectivity index (χ0v) is 13.8. The molecule has 1 aromatic carbocycles. The Morgan fingerprint density at radius 3 is 2.05 bits per heavy atom. The largest absolute Gasteiger partial charge is 0.496 e. The molecule has 0 fully saturated rings. The monoisotopic (exact) mass is 311 g/mol. The third kappa shape index (κ3) is 4.35. The number of carbonyl (C=O) groups is 1. The molecule has 124 valence electrons. The molecule has 0 bridgehead atoms. The highest BCUT2D eigenvalue weighted by Crippen LogP contribution is 2.35. The Kier molecular flexibility index (Phi) is 6.20. The fourth-order valence-electron chi connectivity index (χ4n) is 2.05. The molecule has 6 heteroatoms. The van der Waals surface area contributed by atoms with Gasteiger partial charge in [-0.25, -0.2) is 0 Å². The van der Waals surface area contributed by atoms with Crippen molar-refractivity contribution in [3.63, 3.8) is 0 Å². The number of hydrogen-bond acceptors (Lipinski definition) is 5. The van der Waals surface area contributed by atoms with Crippen LogP contribution in [-0.4, -0.2) is 43.1 Å². The number of carboxylic acids is 1. The summed E-state index contributed by atoms with van der Waals surface area (Å²) in [5.74, 6) is 0.143. The van der Waals surface area contributed by atoms with Gasteiger partial charge in [-0.3, -0.25) is 10.1 Å². The van der Waals surface area contributed by atoms with Crippen LogP contribution >= 0.6 is 0 Å². The van der Waals surface area contributed by atoms with E-state index >= 15 is 0 Å². The molecule has 0 aliphatic carbocycles. The second kappa shape index (κ2) is 7.47. The number of rotatable bonds is 7. The van der Waals surface area contributed by atoms with Gasteiger partial charge in [-0.05, 0) is 23.1 Å². The van der Waals surface area contributed by atoms with Crippen molar-refractivity contribution in [1.82, 2.24) is 5.32 Å². The van der Waals surface area contributed by atoms with Crippen molar-refractivity contribution >= 4 is 5.97 Å². The third-order valence-electron chi connectivity index (χ3n) is 3.48. The SMILES string of the molecule is COc1cc(C(C)(C)C)cc(OC)c1CN[C@@H](CO)C(=O)O. The molecule has 0 saturated carbocycles. The van der Waals surface area contributed by atoms with E-state index < -0.39 is 18.6 Å². The topological polar surface area (TPSA) is 88.0 Å². The minimum atomic E-state index is -1.10. The van der Waals surface area contributed by atoms with Crippen LogP contribution < -0.4 is 14.8 Å². The summed E-state index contributed by atoms with van der Waals surface area (Å²) in [4.78, 5) is 11.0. The van der Waals surface area contributed by atoms with Gasteiger partial charge in [0.25, 0.3) is 0 Å². The predicted molar refractivity (Wildman–Crippen MR) is 83.6 cm³/mol. The molecular weight excluding hydrogens is 286 g/mol. The van der Waals surface area contributed by atoms with Crippen LogP contribution in [0.25, 0.3) is 0 Å². The lowest BCUT2D eigenvalue weighted by atomic mass is 9.86. The number of aliphatic hydroxyl groups is 1. The van der Waals surface area contributed by atoms with Crippen LogP contribution in [0.15, 0.2) is 12.1 Å². The third-order valence-corrected chi connectivity index (χ3v) is 3.48. The van der Waals surface area contributed by atoms with Gasteiger partial charge in [0.15, 0.2) is 0 Å². The Hall–Kier alpha value is -1.79. The Balaban J connectivity index is 3.15. The standard InChI is InChI=1S/C16H25NO5/c1-16(2,3)10-6-13(21-4)11(14(7-10)22-5)8-17-12(9-18)15(19)20/h6-7,12,17-18H,8-9H2,1-5H3,(H,19,20)/t12-/m0/s1. The van der Waals surface area contributed by atoms with Crippen molar-refractivity contribution < 1.29 is 24.5 Å². The lowest BCUT2D eigenvalue weighted by molar-refractivity contribution is -0.140. The van der Waals surface area contributed by atoms with Crippen molar-refractivity contribution in [3.8, 4) is 11.5 Å². The second-order valence-electron chi connectivity index (χ2n) is 6.06. The smallest absolute Gasteiger partial charge is 0.323 e. The van der Waals surface area contributed by atoms with Gasteiger partial charge in [-0.15, -0.1) is 0 Å². The number of benzene rings is 1. The van der Waals surface area contributed by atoms with Crippen molar-refractivity contribution in [2.45, 2.75) is 38.8 Å². The van der Waals surface area contributed by atoms with Gasteiger partial charge in [0.05, 0.1) is 20.8 Å². The van der Waals surface area contributed by atoms with Gasteiger partial charge in [0.1, 0.15) is 17.5 Å². The Morgan fingerprint density at radius 1 is 1.23 bits per heavy atom. The normalized spacial score (nSPS) is 12.8. The van der Waals surface area contributed by atoms with Crippen LogP contribution in [-0.2, 0) is 16.8 Å². The first-order valence-corrected chi connectivity index (χ1v) is 7.07. The van der Waals surface area contributed by atoms with E-state index in [0.717, 1.165) is 11.1 Å². The molecule has 6 nitrogen and oxygen atoms in total. The Bertz CT molecular complexity index is 497. The molecule has 0 amide bonds. The zero-order chi connectivity index (χ0) is 16.9. The van der Waals surface area contributed by atoms with Crippen LogP contribution in [0, 0.1) is 0 Å². The average Bonchev–Trinajstić information content (AvgIpc) is 2.45. The molecule has 0 spiro atoms. The van der Waals surface area contributed by atoms with Crippen molar-refractivity contribution in [2.75, 3.05) is 20.8 Å². The summed E-state index contributed by atoms with van der Waals surface area (Å²) in [6, 6.07) is 2.82. The first-order chi connectivity index (χ1) is 10.2. The van der Waals surface area contributed by atoms with Crippen LogP contribution in [0.2, 0.25) is 0 Å². The van der Waals surface area contributed by atoms with Crippen molar-refractivity contribution in [2.24, 2.45) is 0 Å². The summed E-state index contributed by atoms with van der Waals surface area (Å²) in [6.07, 6.45) is 0. The van der Waals surface area contributed by atoms with Gasteiger partial charge in [-0.2, -0.15) is 0 Å². The number of hydrogen-bond donors (Lipinski definition) is 3. The fraction of sp³-hybridized carbons (Fsp3) is 0.562. The molecule has 0 radical (unpaired) electrons. The van der Waals surface area contributed by atoms with E-state index in [1.54, 1.807) is 14.2 Å². The summed E-state index contributed by atoms with van der Waals surface area (Å²) < 4.78 is 10.8. The number of methoxy groups -OCH3 is 2. The van der Waals surface area contributed by atoms with Crippen LogP contribution in [0.5, 0.6) is 11.5 Å². The second-order valence-corrected chi connectivity index (χ2v) is 6.06. The maximum atomic E-state index is 11.0. The fourth-order valence-corrected chi connectivity index (χ4v) is 2.05. The van der Waals surface area contributed by atoms with Crippen LogP contribution in [0.4, 0.5) is 0 Å². The molecule has 0 unspecified atom stereocenters. The van der Waals surface area contributed by atoms with E-state index in [1.165, 1.54) is 0 Å². The number of aliphatic carboxylic acids is 1. The lowest BCUT2D eigenvalue weighted by Gasteiger charge is -2.23. The summed E-state index contributed by atoms with van der Waals surface area (Å²) in [6.45, 7) is 6.00. The summed E-state index contributed by atoms with van der Waals surface area (Å²) in [7, 11) is 3.12. The van der Waals surface area contributed by atoms with Gasteiger partial charge in [0, 0.05) is 12.1 Å². The minimum Gasteiger partial charge on any atom is -0.496 e. The molecule has 22 heavy (non-hydrogen) atoms. The molecule has 0 aromatic heterocycles. The molecule has 1 aromatic rings. The van der Waals surface area contributed by atoms with Crippen molar-refractivity contribution in [1.29, 1.82) is 0 Å². The van der Waals surface area contributed by atoms with Gasteiger partial charge in [-0.1, -0.05) is 20.8 Å². The van der Waals surface area contributed by atoms with Crippen LogP contribution in [0.3, 0.4) is 0 Å².